The number of rotatable bonds is 1. The van der Waals surface area contributed by atoms with E-state index < -0.39 is 0 Å². The van der Waals surface area contributed by atoms with E-state index in [1.54, 1.807) is 18.2 Å². The molecule has 1 aliphatic heterocycles. The first-order valence-corrected chi connectivity index (χ1v) is 7.27. The first-order valence-electron chi connectivity index (χ1n) is 6.89. The third-order valence-electron chi connectivity index (χ3n) is 3.68. The van der Waals surface area contributed by atoms with Crippen molar-refractivity contribution in [1.29, 1.82) is 0 Å². The summed E-state index contributed by atoms with van der Waals surface area (Å²) in [7, 11) is 0. The molecular weight excluding hydrogens is 296 g/mol. The summed E-state index contributed by atoms with van der Waals surface area (Å²) in [5.41, 5.74) is 3.89. The lowest BCUT2D eigenvalue weighted by Gasteiger charge is -2.02. The Hall–Kier alpha value is -2.65. The Bertz CT molecular complexity index is 947. The summed E-state index contributed by atoms with van der Waals surface area (Å²) in [4.78, 5) is 16.6. The third-order valence-corrected chi connectivity index (χ3v) is 3.91. The van der Waals surface area contributed by atoms with Gasteiger partial charge < -0.3 is 5.32 Å². The van der Waals surface area contributed by atoms with Gasteiger partial charge in [-0.05, 0) is 36.4 Å². The molecule has 2 heterocycles. The van der Waals surface area contributed by atoms with Crippen LogP contribution in [0.15, 0.2) is 54.6 Å². The summed E-state index contributed by atoms with van der Waals surface area (Å²) in [6, 6.07) is 17.1. The number of hydrogen-bond acceptors (Lipinski definition) is 2. The van der Waals surface area contributed by atoms with Crippen LogP contribution in [-0.4, -0.2) is 10.9 Å². The number of amides is 1. The van der Waals surface area contributed by atoms with Crippen molar-refractivity contribution in [3.05, 3.63) is 76.4 Å². The van der Waals surface area contributed by atoms with Gasteiger partial charge in [-0.1, -0.05) is 35.9 Å². The Morgan fingerprint density at radius 1 is 1.00 bits per heavy atom. The van der Waals surface area contributed by atoms with Crippen LogP contribution >= 0.6 is 11.6 Å². The Balaban J connectivity index is 1.83. The lowest BCUT2D eigenvalue weighted by Crippen LogP contribution is -2.11. The van der Waals surface area contributed by atoms with Gasteiger partial charge in [-0.3, -0.25) is 4.79 Å². The molecule has 1 aliphatic rings. The molecule has 0 atom stereocenters. The Morgan fingerprint density at radius 2 is 1.86 bits per heavy atom. The largest absolute Gasteiger partial charge is 0.321 e. The van der Waals surface area contributed by atoms with Crippen molar-refractivity contribution in [2.24, 2.45) is 0 Å². The fourth-order valence-electron chi connectivity index (χ4n) is 2.62. The first kappa shape index (κ1) is 13.0. The van der Waals surface area contributed by atoms with Crippen LogP contribution in [0.25, 0.3) is 22.7 Å². The molecule has 0 aliphatic carbocycles. The average Bonchev–Trinajstić information content (AvgIpc) is 2.83. The zero-order valence-electron chi connectivity index (χ0n) is 11.5. The number of nitrogens with zero attached hydrogens (tertiary/aromatic N) is 1. The van der Waals surface area contributed by atoms with E-state index in [9.17, 15) is 4.79 Å². The molecule has 0 fully saturated rings. The molecule has 0 spiro atoms. The fraction of sp³-hybridized carbons (Fsp3) is 0. The molecule has 3 nitrogen and oxygen atoms in total. The number of pyridine rings is 1. The lowest BCUT2D eigenvalue weighted by molar-refractivity contribution is 0.0981. The number of nitrogens with one attached hydrogen (secondary N) is 1. The molecule has 4 heteroatoms. The van der Waals surface area contributed by atoms with Crippen LogP contribution in [0.4, 0.5) is 0 Å². The van der Waals surface area contributed by atoms with Gasteiger partial charge in [0.15, 0.2) is 0 Å². The molecular formula is C18H11ClN2O. The predicted molar refractivity (Wildman–Crippen MR) is 88.5 cm³/mol. The second-order valence-electron chi connectivity index (χ2n) is 5.13. The number of carbonyl (C=O) groups is 1. The molecule has 0 unspecified atom stereocenters. The SMILES string of the molecule is O=C1N/C(=C\c2ccc3ccccc3n2)c2cc(Cl)ccc21. The smallest absolute Gasteiger partial charge is 0.256 e. The molecule has 1 amide bonds. The Labute approximate surface area is 132 Å². The van der Waals surface area contributed by atoms with Crippen LogP contribution in [-0.2, 0) is 0 Å². The summed E-state index contributed by atoms with van der Waals surface area (Å²) in [5, 5.41) is 4.56. The highest BCUT2D eigenvalue weighted by Crippen LogP contribution is 2.28. The maximum absolute atomic E-state index is 12.0. The van der Waals surface area contributed by atoms with E-state index >= 15 is 0 Å². The fourth-order valence-corrected chi connectivity index (χ4v) is 2.79. The van der Waals surface area contributed by atoms with Crippen molar-refractivity contribution in [3.8, 4) is 0 Å². The molecule has 0 radical (unpaired) electrons. The number of halogens is 1. The average molecular weight is 307 g/mol. The minimum atomic E-state index is -0.112. The summed E-state index contributed by atoms with van der Waals surface area (Å²) < 4.78 is 0. The topological polar surface area (TPSA) is 42.0 Å². The molecule has 2 aromatic carbocycles. The minimum absolute atomic E-state index is 0.112. The van der Waals surface area contributed by atoms with Gasteiger partial charge in [0.25, 0.3) is 5.91 Å². The standard InChI is InChI=1S/C18H11ClN2O/c19-12-6-8-14-15(9-12)17(21-18(14)22)10-13-7-5-11-3-1-2-4-16(11)20-13/h1-10H,(H,21,22)/b17-10-. The van der Waals surface area contributed by atoms with Crippen LogP contribution in [0.3, 0.4) is 0 Å². The van der Waals surface area contributed by atoms with Crippen LogP contribution < -0.4 is 5.32 Å². The van der Waals surface area contributed by atoms with E-state index in [0.29, 0.717) is 10.6 Å². The van der Waals surface area contributed by atoms with Crippen molar-refractivity contribution in [1.82, 2.24) is 10.3 Å². The number of fused-ring (bicyclic) bond motifs is 2. The lowest BCUT2D eigenvalue weighted by atomic mass is 10.1. The van der Waals surface area contributed by atoms with Gasteiger partial charge in [0.1, 0.15) is 0 Å². The van der Waals surface area contributed by atoms with Crippen LogP contribution in [0.5, 0.6) is 0 Å². The third kappa shape index (κ3) is 2.16. The minimum Gasteiger partial charge on any atom is -0.321 e. The Kier molecular flexibility index (Phi) is 2.94. The second kappa shape index (κ2) is 4.97. The van der Waals surface area contributed by atoms with E-state index in [2.05, 4.69) is 10.3 Å². The van der Waals surface area contributed by atoms with Crippen molar-refractivity contribution in [2.75, 3.05) is 0 Å². The van der Waals surface area contributed by atoms with Crippen LogP contribution in [0, 0.1) is 0 Å². The summed E-state index contributed by atoms with van der Waals surface area (Å²) in [6.45, 7) is 0. The quantitative estimate of drug-likeness (QED) is 0.734. The van der Waals surface area contributed by atoms with Crippen molar-refractivity contribution in [2.45, 2.75) is 0 Å². The first-order chi connectivity index (χ1) is 10.7. The zero-order chi connectivity index (χ0) is 15.1. The molecule has 3 aromatic rings. The van der Waals surface area contributed by atoms with E-state index in [1.807, 2.05) is 42.5 Å². The molecule has 0 saturated heterocycles. The number of aromatic nitrogens is 1. The van der Waals surface area contributed by atoms with Crippen LogP contribution in [0.2, 0.25) is 5.02 Å². The highest BCUT2D eigenvalue weighted by Gasteiger charge is 2.23. The van der Waals surface area contributed by atoms with Crippen molar-refractivity contribution in [3.63, 3.8) is 0 Å². The van der Waals surface area contributed by atoms with Crippen molar-refractivity contribution >= 4 is 40.2 Å². The highest BCUT2D eigenvalue weighted by atomic mass is 35.5. The summed E-state index contributed by atoms with van der Waals surface area (Å²) in [6.07, 6.45) is 1.87. The molecule has 0 bridgehead atoms. The van der Waals surface area contributed by atoms with Gasteiger partial charge >= 0.3 is 0 Å². The summed E-state index contributed by atoms with van der Waals surface area (Å²) in [5.74, 6) is -0.112. The monoisotopic (exact) mass is 306 g/mol. The maximum Gasteiger partial charge on any atom is 0.256 e. The van der Waals surface area contributed by atoms with Gasteiger partial charge in [0.2, 0.25) is 0 Å². The van der Waals surface area contributed by atoms with Crippen molar-refractivity contribution < 1.29 is 4.79 Å². The highest BCUT2D eigenvalue weighted by molar-refractivity contribution is 6.31. The molecule has 1 aromatic heterocycles. The van der Waals surface area contributed by atoms with Gasteiger partial charge in [-0.15, -0.1) is 0 Å². The number of carbonyl (C=O) groups excluding carboxylic acids is 1. The number of para-hydroxylation sites is 1. The van der Waals surface area contributed by atoms with Gasteiger partial charge in [0, 0.05) is 21.5 Å². The maximum atomic E-state index is 12.0. The number of benzene rings is 2. The predicted octanol–water partition coefficient (Wildman–Crippen LogP) is 4.13. The van der Waals surface area contributed by atoms with Crippen LogP contribution in [0.1, 0.15) is 21.6 Å². The van der Waals surface area contributed by atoms with Gasteiger partial charge in [-0.25, -0.2) is 4.98 Å². The van der Waals surface area contributed by atoms with E-state index in [1.165, 1.54) is 0 Å². The normalized spacial score (nSPS) is 15.1. The van der Waals surface area contributed by atoms with E-state index in [4.69, 9.17) is 11.6 Å². The second-order valence-corrected chi connectivity index (χ2v) is 5.57. The molecule has 4 rings (SSSR count). The summed E-state index contributed by atoms with van der Waals surface area (Å²) >= 11 is 6.04. The van der Waals surface area contributed by atoms with Gasteiger partial charge in [-0.2, -0.15) is 0 Å². The molecule has 0 saturated carbocycles. The molecule has 22 heavy (non-hydrogen) atoms. The van der Waals surface area contributed by atoms with E-state index in [-0.39, 0.29) is 5.91 Å². The zero-order valence-corrected chi connectivity index (χ0v) is 12.3. The van der Waals surface area contributed by atoms with Gasteiger partial charge in [0.05, 0.1) is 16.9 Å². The Morgan fingerprint density at radius 3 is 2.77 bits per heavy atom. The molecule has 1 N–H and O–H groups in total. The number of hydrogen-bond donors (Lipinski definition) is 1. The van der Waals surface area contributed by atoms with E-state index in [0.717, 1.165) is 27.9 Å². The molecule has 106 valence electrons.